The van der Waals surface area contributed by atoms with Gasteiger partial charge in [-0.05, 0) is 12.8 Å². The Balaban J connectivity index is 0.000000145. The molecule has 1 aromatic rings. The van der Waals surface area contributed by atoms with Crippen molar-refractivity contribution in [2.24, 2.45) is 0 Å². The molecule has 0 fully saturated rings. The number of aromatic nitrogens is 3. The fourth-order valence-corrected chi connectivity index (χ4v) is 1.12. The second-order valence-electron chi connectivity index (χ2n) is 2.92. The minimum atomic E-state index is 1.14. The van der Waals surface area contributed by atoms with Gasteiger partial charge >= 0.3 is 0 Å². The Hall–Kier alpha value is -1.30. The average molecular weight is 177 g/mol. The van der Waals surface area contributed by atoms with Crippen molar-refractivity contribution in [2.75, 3.05) is 0 Å². The van der Waals surface area contributed by atoms with Crippen LogP contribution < -0.4 is 0 Å². The zero-order valence-electron chi connectivity index (χ0n) is 7.79. The van der Waals surface area contributed by atoms with Crippen LogP contribution in [0.3, 0.4) is 0 Å². The van der Waals surface area contributed by atoms with Gasteiger partial charge in [-0.1, -0.05) is 12.8 Å². The molecule has 1 heterocycles. The molecule has 1 aliphatic rings. The first-order valence-corrected chi connectivity index (χ1v) is 4.75. The minimum Gasteiger partial charge on any atom is -0.198 e. The van der Waals surface area contributed by atoms with Gasteiger partial charge in [-0.3, -0.25) is 0 Å². The molecule has 70 valence electrons. The van der Waals surface area contributed by atoms with Crippen LogP contribution in [0.1, 0.15) is 38.5 Å². The first-order valence-electron chi connectivity index (χ1n) is 4.75. The van der Waals surface area contributed by atoms with Crippen LogP contribution in [-0.4, -0.2) is 15.4 Å². The quantitative estimate of drug-likeness (QED) is 0.617. The number of aromatic amines is 1. The Labute approximate surface area is 78.9 Å². The molecule has 0 aliphatic heterocycles. The lowest BCUT2D eigenvalue weighted by atomic mass is 10.1. The van der Waals surface area contributed by atoms with Gasteiger partial charge < -0.3 is 0 Å². The van der Waals surface area contributed by atoms with E-state index in [-0.39, 0.29) is 0 Å². The van der Waals surface area contributed by atoms with Crippen LogP contribution in [0, 0.1) is 11.8 Å². The molecule has 0 atom stereocenters. The summed E-state index contributed by atoms with van der Waals surface area (Å²) in [7, 11) is 0. The largest absolute Gasteiger partial charge is 0.198 e. The molecule has 13 heavy (non-hydrogen) atoms. The molecule has 1 aliphatic carbocycles. The smallest absolute Gasteiger partial charge is 0.0690 e. The Morgan fingerprint density at radius 3 is 1.77 bits per heavy atom. The van der Waals surface area contributed by atoms with E-state index in [1.165, 1.54) is 25.7 Å². The molecule has 2 rings (SSSR count). The summed E-state index contributed by atoms with van der Waals surface area (Å²) in [5.41, 5.74) is 0. The van der Waals surface area contributed by atoms with Crippen LogP contribution in [-0.2, 0) is 0 Å². The highest BCUT2D eigenvalue weighted by Crippen LogP contribution is 2.06. The van der Waals surface area contributed by atoms with Crippen molar-refractivity contribution in [3.8, 4) is 11.8 Å². The third-order valence-corrected chi connectivity index (χ3v) is 1.81. The third kappa shape index (κ3) is 5.92. The van der Waals surface area contributed by atoms with Crippen molar-refractivity contribution < 1.29 is 0 Å². The maximum atomic E-state index is 3.49. The number of hydrogen-bond donors (Lipinski definition) is 1. The van der Waals surface area contributed by atoms with E-state index < -0.39 is 0 Å². The van der Waals surface area contributed by atoms with Gasteiger partial charge in [-0.2, -0.15) is 15.4 Å². The summed E-state index contributed by atoms with van der Waals surface area (Å²) in [4.78, 5) is 0. The van der Waals surface area contributed by atoms with Crippen molar-refractivity contribution in [3.05, 3.63) is 12.4 Å². The van der Waals surface area contributed by atoms with Crippen LogP contribution in [0.5, 0.6) is 0 Å². The Morgan fingerprint density at radius 1 is 0.846 bits per heavy atom. The predicted octanol–water partition coefficient (Wildman–Crippen LogP) is 2.15. The molecule has 0 radical (unpaired) electrons. The minimum absolute atomic E-state index is 1.14. The van der Waals surface area contributed by atoms with Crippen LogP contribution in [0.15, 0.2) is 12.4 Å². The van der Waals surface area contributed by atoms with Gasteiger partial charge in [0.25, 0.3) is 0 Å². The predicted molar refractivity (Wildman–Crippen MR) is 51.9 cm³/mol. The number of rotatable bonds is 0. The van der Waals surface area contributed by atoms with E-state index in [2.05, 4.69) is 27.3 Å². The zero-order valence-corrected chi connectivity index (χ0v) is 7.79. The normalized spacial score (nSPS) is 15.4. The highest BCUT2D eigenvalue weighted by Gasteiger charge is 1.89. The summed E-state index contributed by atoms with van der Waals surface area (Å²) in [6.45, 7) is 0. The standard InChI is InChI=1S/C8H12.C2H3N3/c1-2-4-6-8-7-5-3-1;1-2-4-5-3-1/h1-6H2;1-2H,(H,3,4,5). The van der Waals surface area contributed by atoms with Gasteiger partial charge in [0.2, 0.25) is 0 Å². The summed E-state index contributed by atoms with van der Waals surface area (Å²) in [5, 5.41) is 9.33. The lowest BCUT2D eigenvalue weighted by molar-refractivity contribution is 0.652. The molecule has 0 saturated carbocycles. The fourth-order valence-electron chi connectivity index (χ4n) is 1.12. The summed E-state index contributed by atoms with van der Waals surface area (Å²) < 4.78 is 0. The molecule has 1 aromatic heterocycles. The van der Waals surface area contributed by atoms with Gasteiger partial charge in [-0.15, -0.1) is 11.8 Å². The van der Waals surface area contributed by atoms with Gasteiger partial charge in [0.05, 0.1) is 12.4 Å². The molecular formula is C10H15N3. The maximum absolute atomic E-state index is 3.49. The van der Waals surface area contributed by atoms with Crippen molar-refractivity contribution in [2.45, 2.75) is 38.5 Å². The van der Waals surface area contributed by atoms with Crippen LogP contribution in [0.4, 0.5) is 0 Å². The second-order valence-corrected chi connectivity index (χ2v) is 2.92. The lowest BCUT2D eigenvalue weighted by Gasteiger charge is -1.97. The van der Waals surface area contributed by atoms with Crippen molar-refractivity contribution in [1.82, 2.24) is 15.4 Å². The van der Waals surface area contributed by atoms with Gasteiger partial charge in [0.15, 0.2) is 0 Å². The molecule has 0 bridgehead atoms. The number of nitrogens with one attached hydrogen (secondary N) is 1. The topological polar surface area (TPSA) is 41.6 Å². The maximum Gasteiger partial charge on any atom is 0.0690 e. The molecule has 0 amide bonds. The van der Waals surface area contributed by atoms with E-state index in [0.29, 0.717) is 0 Å². The van der Waals surface area contributed by atoms with E-state index in [4.69, 9.17) is 0 Å². The summed E-state index contributed by atoms with van der Waals surface area (Å²) in [6.07, 6.45) is 10.9. The molecule has 3 heteroatoms. The molecule has 0 aromatic carbocycles. The third-order valence-electron chi connectivity index (χ3n) is 1.81. The Kier molecular flexibility index (Phi) is 5.54. The Bertz CT molecular complexity index is 214. The SMILES string of the molecule is C1#CCCCCCC1.c1cn[nH]n1. The monoisotopic (exact) mass is 177 g/mol. The number of nitrogens with zero attached hydrogens (tertiary/aromatic N) is 2. The van der Waals surface area contributed by atoms with E-state index in [0.717, 1.165) is 12.8 Å². The molecule has 0 spiro atoms. The summed E-state index contributed by atoms with van der Waals surface area (Å²) >= 11 is 0. The van der Waals surface area contributed by atoms with Crippen LogP contribution >= 0.6 is 0 Å². The van der Waals surface area contributed by atoms with Crippen LogP contribution in [0.2, 0.25) is 0 Å². The number of hydrogen-bond acceptors (Lipinski definition) is 2. The first kappa shape index (κ1) is 9.79. The zero-order chi connectivity index (χ0) is 9.19. The van der Waals surface area contributed by atoms with Gasteiger partial charge in [-0.25, -0.2) is 0 Å². The highest BCUT2D eigenvalue weighted by molar-refractivity contribution is 4.99. The molecular weight excluding hydrogens is 162 g/mol. The average Bonchev–Trinajstić information content (AvgIpc) is 2.58. The lowest BCUT2D eigenvalue weighted by Crippen LogP contribution is -1.80. The van der Waals surface area contributed by atoms with Crippen molar-refractivity contribution in [1.29, 1.82) is 0 Å². The summed E-state index contributed by atoms with van der Waals surface area (Å²) in [5.74, 6) is 6.27. The van der Waals surface area contributed by atoms with Crippen molar-refractivity contribution in [3.63, 3.8) is 0 Å². The van der Waals surface area contributed by atoms with Gasteiger partial charge in [0.1, 0.15) is 0 Å². The molecule has 3 nitrogen and oxygen atoms in total. The molecule has 0 saturated heterocycles. The van der Waals surface area contributed by atoms with Crippen molar-refractivity contribution >= 4 is 0 Å². The van der Waals surface area contributed by atoms with Gasteiger partial charge in [0, 0.05) is 12.8 Å². The Morgan fingerprint density at radius 2 is 1.38 bits per heavy atom. The first-order chi connectivity index (χ1) is 6.50. The molecule has 0 unspecified atom stereocenters. The van der Waals surface area contributed by atoms with E-state index in [9.17, 15) is 0 Å². The fraction of sp³-hybridized carbons (Fsp3) is 0.600. The van der Waals surface area contributed by atoms with E-state index >= 15 is 0 Å². The number of H-pyrrole nitrogens is 1. The highest BCUT2D eigenvalue weighted by atomic mass is 15.3. The molecule has 1 N–H and O–H groups in total. The summed E-state index contributed by atoms with van der Waals surface area (Å²) in [6, 6.07) is 0. The van der Waals surface area contributed by atoms with Crippen LogP contribution in [0.25, 0.3) is 0 Å². The van der Waals surface area contributed by atoms with E-state index in [1.54, 1.807) is 12.4 Å². The second kappa shape index (κ2) is 7.35. The van der Waals surface area contributed by atoms with E-state index in [1.807, 2.05) is 0 Å².